The zero-order valence-corrected chi connectivity index (χ0v) is 18.8. The maximum absolute atomic E-state index is 12.4. The van der Waals surface area contributed by atoms with Crippen molar-refractivity contribution < 1.29 is 17.9 Å². The Morgan fingerprint density at radius 2 is 1.79 bits per heavy atom. The number of hydrogen-bond acceptors (Lipinski definition) is 5. The van der Waals surface area contributed by atoms with Crippen LogP contribution in [0.3, 0.4) is 0 Å². The van der Waals surface area contributed by atoms with Crippen LogP contribution < -0.4 is 14.8 Å². The molecule has 3 aromatic rings. The third-order valence-electron chi connectivity index (χ3n) is 3.60. The molecule has 1 aromatic heterocycles. The van der Waals surface area contributed by atoms with Crippen molar-refractivity contribution >= 4 is 59.3 Å². The average molecular weight is 541 g/mol. The molecular formula is C19H15Br2N3O4S. The quantitative estimate of drug-likeness (QED) is 0.462. The van der Waals surface area contributed by atoms with E-state index < -0.39 is 10.0 Å². The molecule has 7 nitrogen and oxygen atoms in total. The molecule has 0 spiro atoms. The van der Waals surface area contributed by atoms with Crippen molar-refractivity contribution in [1.82, 2.24) is 4.98 Å². The highest BCUT2D eigenvalue weighted by atomic mass is 79.9. The largest absolute Gasteiger partial charge is 0.483 e. The number of ether oxygens (including phenoxy) is 1. The lowest BCUT2D eigenvalue weighted by atomic mass is 10.3. The molecule has 150 valence electrons. The summed E-state index contributed by atoms with van der Waals surface area (Å²) in [6.07, 6.45) is 1.49. The van der Waals surface area contributed by atoms with Gasteiger partial charge < -0.3 is 10.1 Å². The highest BCUT2D eigenvalue weighted by Gasteiger charge is 2.15. The molecule has 29 heavy (non-hydrogen) atoms. The molecule has 0 saturated carbocycles. The van der Waals surface area contributed by atoms with Crippen molar-refractivity contribution in [1.29, 1.82) is 0 Å². The number of halogens is 2. The minimum Gasteiger partial charge on any atom is -0.483 e. The first-order valence-corrected chi connectivity index (χ1v) is 11.3. The number of nitrogens with one attached hydrogen (secondary N) is 2. The number of anilines is 2. The van der Waals surface area contributed by atoms with Gasteiger partial charge in [0.2, 0.25) is 0 Å². The fraction of sp³-hybridized carbons (Fsp3) is 0.0526. The second-order valence-corrected chi connectivity index (χ2v) is 9.21. The fourth-order valence-electron chi connectivity index (χ4n) is 2.27. The van der Waals surface area contributed by atoms with Crippen LogP contribution in [0.5, 0.6) is 5.75 Å². The Kier molecular flexibility index (Phi) is 6.88. The van der Waals surface area contributed by atoms with Gasteiger partial charge in [-0.15, -0.1) is 0 Å². The standard InChI is InChI=1S/C19H15Br2N3O4S/c20-13-4-9-17(16(21)11-13)28-12-19(25)23-14-5-7-15(8-6-14)29(26,27)24-18-3-1-2-10-22-18/h1-11H,12H2,(H,22,24)(H,23,25). The summed E-state index contributed by atoms with van der Waals surface area (Å²) in [7, 11) is -3.77. The number of rotatable bonds is 7. The van der Waals surface area contributed by atoms with E-state index in [0.29, 0.717) is 11.4 Å². The van der Waals surface area contributed by atoms with E-state index in [-0.39, 0.29) is 23.2 Å². The molecular weight excluding hydrogens is 526 g/mol. The first-order valence-electron chi connectivity index (χ1n) is 8.25. The van der Waals surface area contributed by atoms with Crippen LogP contribution in [0.2, 0.25) is 0 Å². The number of sulfonamides is 1. The first-order chi connectivity index (χ1) is 13.8. The summed E-state index contributed by atoms with van der Waals surface area (Å²) in [5, 5.41) is 2.66. The molecule has 0 radical (unpaired) electrons. The summed E-state index contributed by atoms with van der Waals surface area (Å²) in [6, 6.07) is 16.1. The smallest absolute Gasteiger partial charge is 0.263 e. The van der Waals surface area contributed by atoms with Crippen molar-refractivity contribution in [3.8, 4) is 5.75 Å². The maximum atomic E-state index is 12.4. The average Bonchev–Trinajstić information content (AvgIpc) is 2.68. The van der Waals surface area contributed by atoms with Crippen LogP contribution in [0, 0.1) is 0 Å². The van der Waals surface area contributed by atoms with Crippen LogP contribution in [0.15, 0.2) is 80.7 Å². The van der Waals surface area contributed by atoms with E-state index in [1.165, 1.54) is 30.5 Å². The zero-order chi connectivity index (χ0) is 20.9. The van der Waals surface area contributed by atoms with Gasteiger partial charge >= 0.3 is 0 Å². The molecule has 0 aliphatic heterocycles. The second kappa shape index (κ2) is 9.38. The normalized spacial score (nSPS) is 11.0. The highest BCUT2D eigenvalue weighted by molar-refractivity contribution is 9.11. The third-order valence-corrected chi connectivity index (χ3v) is 6.09. The minimum absolute atomic E-state index is 0.0520. The highest BCUT2D eigenvalue weighted by Crippen LogP contribution is 2.28. The Bertz CT molecular complexity index is 1110. The van der Waals surface area contributed by atoms with Gasteiger partial charge in [0.15, 0.2) is 6.61 Å². The van der Waals surface area contributed by atoms with Crippen LogP contribution in [-0.2, 0) is 14.8 Å². The molecule has 0 aliphatic rings. The number of hydrogen-bond donors (Lipinski definition) is 2. The lowest BCUT2D eigenvalue weighted by Crippen LogP contribution is -2.20. The Hall–Kier alpha value is -2.43. The SMILES string of the molecule is O=C(COc1ccc(Br)cc1Br)Nc1ccc(S(=O)(=O)Nc2ccccn2)cc1. The Balaban J connectivity index is 1.59. The van der Waals surface area contributed by atoms with Crippen molar-refractivity contribution in [2.45, 2.75) is 4.90 Å². The Labute approximate surface area is 184 Å². The number of carbonyl (C=O) groups excluding carboxylic acids is 1. The van der Waals surface area contributed by atoms with Gasteiger partial charge in [0.05, 0.1) is 9.37 Å². The van der Waals surface area contributed by atoms with Gasteiger partial charge in [0.1, 0.15) is 11.6 Å². The number of benzene rings is 2. The van der Waals surface area contributed by atoms with Crippen LogP contribution in [0.1, 0.15) is 0 Å². The summed E-state index contributed by atoms with van der Waals surface area (Å²) in [6.45, 7) is -0.193. The number of aromatic nitrogens is 1. The monoisotopic (exact) mass is 539 g/mol. The van der Waals surface area contributed by atoms with E-state index in [2.05, 4.69) is 46.9 Å². The molecule has 10 heteroatoms. The van der Waals surface area contributed by atoms with Crippen molar-refractivity contribution in [2.24, 2.45) is 0 Å². The molecule has 0 fully saturated rings. The molecule has 0 aliphatic carbocycles. The molecule has 3 rings (SSSR count). The number of amides is 1. The Morgan fingerprint density at radius 1 is 1.03 bits per heavy atom. The number of pyridine rings is 1. The molecule has 0 unspecified atom stereocenters. The van der Waals surface area contributed by atoms with Gasteiger partial charge in [-0.05, 0) is 70.5 Å². The first kappa shape index (κ1) is 21.3. The Morgan fingerprint density at radius 3 is 2.45 bits per heavy atom. The predicted octanol–water partition coefficient (Wildman–Crippen LogP) is 4.42. The third kappa shape index (κ3) is 6.02. The fourth-order valence-corrected chi connectivity index (χ4v) is 4.44. The second-order valence-electron chi connectivity index (χ2n) is 5.76. The minimum atomic E-state index is -3.77. The van der Waals surface area contributed by atoms with Crippen LogP contribution in [-0.4, -0.2) is 25.9 Å². The van der Waals surface area contributed by atoms with Gasteiger partial charge in [-0.2, -0.15) is 0 Å². The maximum Gasteiger partial charge on any atom is 0.263 e. The van der Waals surface area contributed by atoms with Crippen LogP contribution in [0.4, 0.5) is 11.5 Å². The molecule has 1 heterocycles. The van der Waals surface area contributed by atoms with Gasteiger partial charge in [-0.25, -0.2) is 13.4 Å². The van der Waals surface area contributed by atoms with Gasteiger partial charge in [0.25, 0.3) is 15.9 Å². The molecule has 0 bridgehead atoms. The molecule has 0 saturated heterocycles. The van der Waals surface area contributed by atoms with Crippen LogP contribution >= 0.6 is 31.9 Å². The van der Waals surface area contributed by atoms with Crippen molar-refractivity contribution in [2.75, 3.05) is 16.6 Å². The topological polar surface area (TPSA) is 97.4 Å². The summed E-state index contributed by atoms with van der Waals surface area (Å²) in [5.74, 6) is 0.383. The summed E-state index contributed by atoms with van der Waals surface area (Å²) in [4.78, 5) is 16.1. The predicted molar refractivity (Wildman–Crippen MR) is 117 cm³/mol. The molecule has 2 N–H and O–H groups in total. The van der Waals surface area contributed by atoms with E-state index in [0.717, 1.165) is 8.95 Å². The molecule has 0 atom stereocenters. The van der Waals surface area contributed by atoms with E-state index >= 15 is 0 Å². The van der Waals surface area contributed by atoms with E-state index in [9.17, 15) is 13.2 Å². The molecule has 1 amide bonds. The van der Waals surface area contributed by atoms with E-state index in [4.69, 9.17) is 4.74 Å². The van der Waals surface area contributed by atoms with E-state index in [1.807, 2.05) is 6.07 Å². The number of nitrogens with zero attached hydrogens (tertiary/aromatic N) is 1. The summed E-state index contributed by atoms with van der Waals surface area (Å²) >= 11 is 6.70. The molecule has 2 aromatic carbocycles. The van der Waals surface area contributed by atoms with Gasteiger partial charge in [-0.1, -0.05) is 22.0 Å². The van der Waals surface area contributed by atoms with Gasteiger partial charge in [0, 0.05) is 16.4 Å². The van der Waals surface area contributed by atoms with Crippen molar-refractivity contribution in [3.63, 3.8) is 0 Å². The van der Waals surface area contributed by atoms with Crippen molar-refractivity contribution in [3.05, 3.63) is 75.8 Å². The summed E-state index contributed by atoms with van der Waals surface area (Å²) in [5.41, 5.74) is 0.449. The lowest BCUT2D eigenvalue weighted by molar-refractivity contribution is -0.118. The van der Waals surface area contributed by atoms with Gasteiger partial charge in [-0.3, -0.25) is 9.52 Å². The number of carbonyl (C=O) groups is 1. The van der Waals surface area contributed by atoms with E-state index in [1.54, 1.807) is 30.3 Å². The lowest BCUT2D eigenvalue weighted by Gasteiger charge is -2.10. The zero-order valence-electron chi connectivity index (χ0n) is 14.8. The van der Waals surface area contributed by atoms with Crippen LogP contribution in [0.25, 0.3) is 0 Å². The summed E-state index contributed by atoms with van der Waals surface area (Å²) < 4.78 is 34.2.